The maximum absolute atomic E-state index is 12.3. The SMILES string of the molecule is C/C=C/CC/C=C/CC/C=C/CCCC(O)C(O)C(CO)NC(=O)C(O)CCCCCCCCCCCCC. The Kier molecular flexibility index (Phi) is 27.0. The minimum Gasteiger partial charge on any atom is -0.394 e. The Morgan fingerprint density at radius 3 is 1.67 bits per heavy atom. The van der Waals surface area contributed by atoms with Crippen LogP contribution < -0.4 is 5.32 Å². The van der Waals surface area contributed by atoms with E-state index in [0.717, 1.165) is 51.4 Å². The van der Waals surface area contributed by atoms with Crippen LogP contribution in [0, 0.1) is 0 Å². The van der Waals surface area contributed by atoms with Gasteiger partial charge in [-0.15, -0.1) is 0 Å². The number of allylic oxidation sites excluding steroid dienone is 6. The monoisotopic (exact) mass is 551 g/mol. The van der Waals surface area contributed by atoms with E-state index >= 15 is 0 Å². The summed E-state index contributed by atoms with van der Waals surface area (Å²) in [6.45, 7) is 3.76. The van der Waals surface area contributed by atoms with Gasteiger partial charge < -0.3 is 25.7 Å². The Labute approximate surface area is 239 Å². The molecule has 0 aliphatic rings. The Hall–Kier alpha value is -1.47. The lowest BCUT2D eigenvalue weighted by atomic mass is 10.00. The van der Waals surface area contributed by atoms with Gasteiger partial charge in [-0.3, -0.25) is 4.79 Å². The van der Waals surface area contributed by atoms with Crippen LogP contribution in [0.25, 0.3) is 0 Å². The van der Waals surface area contributed by atoms with Crippen molar-refractivity contribution >= 4 is 5.91 Å². The Morgan fingerprint density at radius 2 is 1.15 bits per heavy atom. The molecule has 4 unspecified atom stereocenters. The molecule has 0 saturated carbocycles. The molecule has 6 nitrogen and oxygen atoms in total. The van der Waals surface area contributed by atoms with E-state index in [1.807, 2.05) is 6.92 Å². The number of rotatable bonds is 27. The Morgan fingerprint density at radius 1 is 0.667 bits per heavy atom. The quantitative estimate of drug-likeness (QED) is 0.0579. The highest BCUT2D eigenvalue weighted by Gasteiger charge is 2.28. The largest absolute Gasteiger partial charge is 0.394 e. The first kappa shape index (κ1) is 37.5. The van der Waals surface area contributed by atoms with Crippen molar-refractivity contribution in [3.63, 3.8) is 0 Å². The molecule has 0 bridgehead atoms. The van der Waals surface area contributed by atoms with Gasteiger partial charge in [0, 0.05) is 0 Å². The van der Waals surface area contributed by atoms with Crippen LogP contribution in [0.2, 0.25) is 0 Å². The highest BCUT2D eigenvalue weighted by Crippen LogP contribution is 2.14. The molecule has 0 aliphatic carbocycles. The molecular formula is C33H61NO5. The molecule has 6 heteroatoms. The predicted octanol–water partition coefficient (Wildman–Crippen LogP) is 6.67. The van der Waals surface area contributed by atoms with Crippen LogP contribution in [-0.4, -0.2) is 57.3 Å². The van der Waals surface area contributed by atoms with E-state index in [0.29, 0.717) is 19.3 Å². The van der Waals surface area contributed by atoms with E-state index in [2.05, 4.69) is 48.7 Å². The molecule has 0 saturated heterocycles. The first-order valence-corrected chi connectivity index (χ1v) is 15.8. The van der Waals surface area contributed by atoms with E-state index in [9.17, 15) is 25.2 Å². The zero-order chi connectivity index (χ0) is 29.0. The van der Waals surface area contributed by atoms with Crippen molar-refractivity contribution in [1.29, 1.82) is 0 Å². The molecule has 0 heterocycles. The topological polar surface area (TPSA) is 110 Å². The number of hydrogen-bond donors (Lipinski definition) is 5. The van der Waals surface area contributed by atoms with Crippen molar-refractivity contribution in [2.45, 2.75) is 160 Å². The van der Waals surface area contributed by atoms with Crippen LogP contribution in [0.1, 0.15) is 136 Å². The summed E-state index contributed by atoms with van der Waals surface area (Å²) in [4.78, 5) is 12.3. The van der Waals surface area contributed by atoms with Gasteiger partial charge in [0.1, 0.15) is 12.2 Å². The van der Waals surface area contributed by atoms with Crippen LogP contribution in [0.15, 0.2) is 36.5 Å². The van der Waals surface area contributed by atoms with Gasteiger partial charge in [-0.2, -0.15) is 0 Å². The number of unbranched alkanes of at least 4 members (excludes halogenated alkanes) is 13. The predicted molar refractivity (Wildman–Crippen MR) is 164 cm³/mol. The van der Waals surface area contributed by atoms with Gasteiger partial charge >= 0.3 is 0 Å². The highest BCUT2D eigenvalue weighted by molar-refractivity contribution is 5.80. The highest BCUT2D eigenvalue weighted by atomic mass is 16.3. The van der Waals surface area contributed by atoms with Crippen LogP contribution in [-0.2, 0) is 4.79 Å². The number of carbonyl (C=O) groups is 1. The summed E-state index contributed by atoms with van der Waals surface area (Å²) in [5.74, 6) is -0.605. The summed E-state index contributed by atoms with van der Waals surface area (Å²) >= 11 is 0. The van der Waals surface area contributed by atoms with Crippen molar-refractivity contribution in [3.8, 4) is 0 Å². The number of amides is 1. The van der Waals surface area contributed by atoms with Crippen molar-refractivity contribution in [2.24, 2.45) is 0 Å². The molecule has 0 spiro atoms. The fourth-order valence-electron chi connectivity index (χ4n) is 4.56. The van der Waals surface area contributed by atoms with E-state index in [4.69, 9.17) is 0 Å². The van der Waals surface area contributed by atoms with Crippen LogP contribution in [0.5, 0.6) is 0 Å². The molecule has 0 aromatic rings. The summed E-state index contributed by atoms with van der Waals surface area (Å²) in [5.41, 5.74) is 0. The van der Waals surface area contributed by atoms with E-state index in [-0.39, 0.29) is 0 Å². The molecule has 0 aromatic heterocycles. The van der Waals surface area contributed by atoms with Crippen LogP contribution in [0.4, 0.5) is 0 Å². The minimum absolute atomic E-state index is 0.359. The summed E-state index contributed by atoms with van der Waals surface area (Å²) in [6, 6.07) is -1.00. The minimum atomic E-state index is -1.29. The van der Waals surface area contributed by atoms with Crippen molar-refractivity contribution in [2.75, 3.05) is 6.61 Å². The van der Waals surface area contributed by atoms with E-state index in [1.54, 1.807) is 0 Å². The number of hydrogen-bond acceptors (Lipinski definition) is 5. The zero-order valence-electron chi connectivity index (χ0n) is 25.1. The standard InChI is InChI=1S/C33H61NO5/c1-3-5-7-9-11-13-15-17-18-20-22-24-26-30(36)32(38)29(28-35)34-33(39)31(37)27-25-23-21-19-16-14-12-10-8-6-4-2/h3,5,11,13,18,20,29-32,35-38H,4,6-10,12,14-17,19,21-28H2,1-2H3,(H,34,39)/b5-3+,13-11+,20-18+. The molecular weight excluding hydrogens is 490 g/mol. The fraction of sp³-hybridized carbons (Fsp3) is 0.788. The van der Waals surface area contributed by atoms with Crippen LogP contribution >= 0.6 is 0 Å². The molecule has 4 atom stereocenters. The third-order valence-electron chi connectivity index (χ3n) is 7.15. The third kappa shape index (κ3) is 23.0. The van der Waals surface area contributed by atoms with Crippen LogP contribution in [0.3, 0.4) is 0 Å². The normalized spacial score (nSPS) is 15.3. The summed E-state index contributed by atoms with van der Waals surface area (Å²) < 4.78 is 0. The zero-order valence-corrected chi connectivity index (χ0v) is 25.1. The van der Waals surface area contributed by atoms with Gasteiger partial charge in [0.25, 0.3) is 0 Å². The fourth-order valence-corrected chi connectivity index (χ4v) is 4.56. The number of aliphatic hydroxyl groups excluding tert-OH is 4. The number of carbonyl (C=O) groups excluding carboxylic acids is 1. The second-order valence-electron chi connectivity index (χ2n) is 10.8. The number of aliphatic hydroxyl groups is 4. The number of nitrogens with one attached hydrogen (secondary N) is 1. The van der Waals surface area contributed by atoms with E-state index < -0.39 is 36.9 Å². The van der Waals surface area contributed by atoms with Gasteiger partial charge in [0.15, 0.2) is 0 Å². The summed E-state index contributed by atoms with van der Waals surface area (Å²) in [6.07, 6.45) is 28.9. The molecule has 0 aromatic carbocycles. The first-order chi connectivity index (χ1) is 19.0. The molecule has 39 heavy (non-hydrogen) atoms. The summed E-state index contributed by atoms with van der Waals surface area (Å²) in [7, 11) is 0. The second-order valence-corrected chi connectivity index (χ2v) is 10.8. The molecule has 0 radical (unpaired) electrons. The lowest BCUT2D eigenvalue weighted by molar-refractivity contribution is -0.132. The van der Waals surface area contributed by atoms with Crippen molar-refractivity contribution in [1.82, 2.24) is 5.32 Å². The Balaban J connectivity index is 3.98. The maximum Gasteiger partial charge on any atom is 0.249 e. The summed E-state index contributed by atoms with van der Waals surface area (Å²) in [5, 5.41) is 43.1. The molecule has 1 amide bonds. The van der Waals surface area contributed by atoms with Crippen molar-refractivity contribution < 1.29 is 25.2 Å². The second kappa shape index (κ2) is 28.1. The van der Waals surface area contributed by atoms with Gasteiger partial charge in [-0.25, -0.2) is 0 Å². The average molecular weight is 552 g/mol. The molecule has 0 fully saturated rings. The lowest BCUT2D eigenvalue weighted by Crippen LogP contribution is -2.53. The average Bonchev–Trinajstić information content (AvgIpc) is 2.94. The Bertz CT molecular complexity index is 634. The lowest BCUT2D eigenvalue weighted by Gasteiger charge is -2.27. The maximum atomic E-state index is 12.3. The van der Waals surface area contributed by atoms with E-state index in [1.165, 1.54) is 51.4 Å². The molecule has 0 aliphatic heterocycles. The van der Waals surface area contributed by atoms with Crippen molar-refractivity contribution in [3.05, 3.63) is 36.5 Å². The van der Waals surface area contributed by atoms with Gasteiger partial charge in [-0.05, 0) is 58.3 Å². The smallest absolute Gasteiger partial charge is 0.249 e. The molecule has 5 N–H and O–H groups in total. The van der Waals surface area contributed by atoms with Gasteiger partial charge in [0.2, 0.25) is 5.91 Å². The molecule has 228 valence electrons. The molecule has 0 rings (SSSR count). The first-order valence-electron chi connectivity index (χ1n) is 15.8. The third-order valence-corrected chi connectivity index (χ3v) is 7.15. The van der Waals surface area contributed by atoms with Gasteiger partial charge in [0.05, 0.1) is 18.8 Å². The van der Waals surface area contributed by atoms with Gasteiger partial charge in [-0.1, -0.05) is 114 Å².